The summed E-state index contributed by atoms with van der Waals surface area (Å²) >= 11 is 1.96. The highest BCUT2D eigenvalue weighted by Crippen LogP contribution is 2.31. The molecule has 2 rings (SSSR count). The average molecular weight is 497 g/mol. The number of carbonyl (C=O) groups is 2. The molecule has 0 aliphatic rings. The lowest BCUT2D eigenvalue weighted by Crippen LogP contribution is -2.24. The lowest BCUT2D eigenvalue weighted by molar-refractivity contribution is -0.126. The maximum absolute atomic E-state index is 11.9. The largest absolute Gasteiger partial charge is 0.504 e. The first-order valence-electron chi connectivity index (χ1n) is 8.34. The molecule has 2 amide bonds. The molecular formula is C19H20IN3O5. The first-order chi connectivity index (χ1) is 13.4. The van der Waals surface area contributed by atoms with E-state index in [9.17, 15) is 14.7 Å². The molecule has 0 aliphatic carbocycles. The third kappa shape index (κ3) is 6.41. The predicted octanol–water partition coefficient (Wildman–Crippen LogP) is 2.88. The van der Waals surface area contributed by atoms with Crippen LogP contribution in [-0.4, -0.2) is 36.9 Å². The number of anilines is 1. The number of benzene rings is 2. The Morgan fingerprint density at radius 2 is 1.93 bits per heavy atom. The predicted molar refractivity (Wildman–Crippen MR) is 114 cm³/mol. The van der Waals surface area contributed by atoms with Crippen LogP contribution in [0, 0.1) is 3.57 Å². The second kappa shape index (κ2) is 10.5. The number of carbonyl (C=O) groups excluding carboxylic acids is 2. The highest BCUT2D eigenvalue weighted by Gasteiger charge is 2.10. The van der Waals surface area contributed by atoms with Crippen LogP contribution >= 0.6 is 22.6 Å². The van der Waals surface area contributed by atoms with Crippen LogP contribution in [-0.2, 0) is 9.59 Å². The van der Waals surface area contributed by atoms with Gasteiger partial charge >= 0.3 is 0 Å². The highest BCUT2D eigenvalue weighted by molar-refractivity contribution is 14.1. The molecule has 2 aromatic carbocycles. The van der Waals surface area contributed by atoms with E-state index in [0.29, 0.717) is 32.9 Å². The minimum absolute atomic E-state index is 0.0373. The summed E-state index contributed by atoms with van der Waals surface area (Å²) in [7, 11) is 1.44. The van der Waals surface area contributed by atoms with E-state index in [2.05, 4.69) is 15.8 Å². The zero-order valence-corrected chi connectivity index (χ0v) is 17.5. The van der Waals surface area contributed by atoms with Crippen LogP contribution in [0.3, 0.4) is 0 Å². The van der Waals surface area contributed by atoms with E-state index in [1.807, 2.05) is 29.5 Å². The summed E-state index contributed by atoms with van der Waals surface area (Å²) in [6, 6.07) is 10.1. The van der Waals surface area contributed by atoms with Gasteiger partial charge in [0.15, 0.2) is 11.5 Å². The Bertz CT molecular complexity index is 869. The lowest BCUT2D eigenvalue weighted by Gasteiger charge is -2.07. The van der Waals surface area contributed by atoms with Gasteiger partial charge in [0.25, 0.3) is 0 Å². The minimum Gasteiger partial charge on any atom is -0.504 e. The van der Waals surface area contributed by atoms with Crippen LogP contribution in [0.4, 0.5) is 5.69 Å². The fraction of sp³-hybridized carbons (Fsp3) is 0.211. The first kappa shape index (κ1) is 21.5. The van der Waals surface area contributed by atoms with Gasteiger partial charge in [-0.05, 0) is 71.5 Å². The van der Waals surface area contributed by atoms with Crippen molar-refractivity contribution in [3.05, 3.63) is 45.5 Å². The molecule has 0 aliphatic heterocycles. The van der Waals surface area contributed by atoms with Gasteiger partial charge in [-0.2, -0.15) is 5.10 Å². The molecule has 0 saturated heterocycles. The molecule has 28 heavy (non-hydrogen) atoms. The van der Waals surface area contributed by atoms with E-state index in [1.165, 1.54) is 13.3 Å². The van der Waals surface area contributed by atoms with Crippen molar-refractivity contribution >= 4 is 46.3 Å². The molecule has 3 N–H and O–H groups in total. The van der Waals surface area contributed by atoms with Crippen molar-refractivity contribution in [1.29, 1.82) is 0 Å². The maximum atomic E-state index is 11.9. The topological polar surface area (TPSA) is 109 Å². The van der Waals surface area contributed by atoms with Crippen molar-refractivity contribution in [3.8, 4) is 17.2 Å². The number of hydrazone groups is 1. The van der Waals surface area contributed by atoms with Gasteiger partial charge < -0.3 is 19.9 Å². The van der Waals surface area contributed by atoms with E-state index < -0.39 is 11.8 Å². The van der Waals surface area contributed by atoms with Gasteiger partial charge in [0, 0.05) is 5.69 Å². The smallest absolute Gasteiger partial charge is 0.249 e. The summed E-state index contributed by atoms with van der Waals surface area (Å²) in [6.07, 6.45) is 1.02. The second-order valence-corrected chi connectivity index (χ2v) is 6.69. The molecule has 0 heterocycles. The van der Waals surface area contributed by atoms with Crippen molar-refractivity contribution in [2.45, 2.75) is 13.3 Å². The van der Waals surface area contributed by atoms with E-state index >= 15 is 0 Å². The zero-order chi connectivity index (χ0) is 20.5. The van der Waals surface area contributed by atoms with Gasteiger partial charge in [0.1, 0.15) is 12.2 Å². The summed E-state index contributed by atoms with van der Waals surface area (Å²) in [5.74, 6) is 0.0237. The van der Waals surface area contributed by atoms with E-state index in [4.69, 9.17) is 9.47 Å². The van der Waals surface area contributed by atoms with Crippen molar-refractivity contribution in [3.63, 3.8) is 0 Å². The Labute approximate surface area is 176 Å². The third-order valence-electron chi connectivity index (χ3n) is 3.44. The number of nitrogens with zero attached hydrogens (tertiary/aromatic N) is 1. The molecule has 9 heteroatoms. The quantitative estimate of drug-likeness (QED) is 0.225. The fourth-order valence-electron chi connectivity index (χ4n) is 2.19. The third-order valence-corrected chi connectivity index (χ3v) is 4.27. The number of phenols is 1. The molecule has 8 nitrogen and oxygen atoms in total. The molecule has 0 fully saturated rings. The molecule has 0 atom stereocenters. The molecule has 0 spiro atoms. The lowest BCUT2D eigenvalue weighted by atomic mass is 10.2. The summed E-state index contributed by atoms with van der Waals surface area (Å²) < 4.78 is 11.0. The Morgan fingerprint density at radius 1 is 1.21 bits per heavy atom. The van der Waals surface area contributed by atoms with Crippen molar-refractivity contribution in [2.75, 3.05) is 19.0 Å². The normalized spacial score (nSPS) is 10.5. The maximum Gasteiger partial charge on any atom is 0.249 e. The van der Waals surface area contributed by atoms with E-state index in [0.717, 1.165) is 0 Å². The Morgan fingerprint density at radius 3 is 2.57 bits per heavy atom. The van der Waals surface area contributed by atoms with Crippen molar-refractivity contribution < 1.29 is 24.2 Å². The van der Waals surface area contributed by atoms with Crippen LogP contribution < -0.4 is 20.2 Å². The van der Waals surface area contributed by atoms with Crippen molar-refractivity contribution in [1.82, 2.24) is 5.43 Å². The summed E-state index contributed by atoms with van der Waals surface area (Å²) in [5, 5.41) is 16.2. The summed E-state index contributed by atoms with van der Waals surface area (Å²) in [4.78, 5) is 23.8. The Hall–Kier alpha value is -2.82. The van der Waals surface area contributed by atoms with Crippen LogP contribution in [0.25, 0.3) is 0 Å². The standard InChI is InChI=1S/C19H20IN3O5/c1-3-28-14-6-4-13(5-7-14)22-17(24)10-18(25)23-21-11-12-8-15(20)19(26)16(9-12)27-2/h4-9,11,26H,3,10H2,1-2H3,(H,22,24)(H,23,25)/b21-11+. The number of nitrogens with one attached hydrogen (secondary N) is 2. The SMILES string of the molecule is CCOc1ccc(NC(=O)CC(=O)N/N=C/c2cc(I)c(O)c(OC)c2)cc1. The molecule has 0 aromatic heterocycles. The Balaban J connectivity index is 1.85. The minimum atomic E-state index is -0.555. The number of hydrogen-bond acceptors (Lipinski definition) is 6. The number of aromatic hydroxyl groups is 1. The van der Waals surface area contributed by atoms with Crippen molar-refractivity contribution in [2.24, 2.45) is 5.10 Å². The second-order valence-electron chi connectivity index (χ2n) is 5.53. The van der Waals surface area contributed by atoms with Crippen LogP contribution in [0.1, 0.15) is 18.9 Å². The molecule has 0 saturated carbocycles. The fourth-order valence-corrected chi connectivity index (χ4v) is 2.82. The van der Waals surface area contributed by atoms with Crippen LogP contribution in [0.2, 0.25) is 0 Å². The van der Waals surface area contributed by atoms with E-state index in [-0.39, 0.29) is 12.2 Å². The van der Waals surface area contributed by atoms with Gasteiger partial charge in [-0.1, -0.05) is 0 Å². The number of ether oxygens (including phenoxy) is 2. The number of rotatable bonds is 8. The molecular weight excluding hydrogens is 477 g/mol. The van der Waals surface area contributed by atoms with Crippen LogP contribution in [0.15, 0.2) is 41.5 Å². The highest BCUT2D eigenvalue weighted by atomic mass is 127. The molecule has 148 valence electrons. The molecule has 0 unspecified atom stereocenters. The number of phenolic OH excluding ortho intramolecular Hbond substituents is 1. The van der Waals surface area contributed by atoms with E-state index in [1.54, 1.807) is 36.4 Å². The van der Waals surface area contributed by atoms with Gasteiger partial charge in [0.05, 0.1) is 23.5 Å². The number of methoxy groups -OCH3 is 1. The monoisotopic (exact) mass is 497 g/mol. The number of halogens is 1. The van der Waals surface area contributed by atoms with Gasteiger partial charge in [0.2, 0.25) is 11.8 Å². The summed E-state index contributed by atoms with van der Waals surface area (Å²) in [5.41, 5.74) is 3.48. The van der Waals surface area contributed by atoms with Gasteiger partial charge in [-0.25, -0.2) is 5.43 Å². The molecule has 2 aromatic rings. The van der Waals surface area contributed by atoms with Gasteiger partial charge in [-0.3, -0.25) is 9.59 Å². The molecule has 0 bridgehead atoms. The zero-order valence-electron chi connectivity index (χ0n) is 15.4. The summed E-state index contributed by atoms with van der Waals surface area (Å²) in [6.45, 7) is 2.44. The Kier molecular flexibility index (Phi) is 8.05. The van der Waals surface area contributed by atoms with Gasteiger partial charge in [-0.15, -0.1) is 0 Å². The average Bonchev–Trinajstić information content (AvgIpc) is 2.66. The molecule has 0 radical (unpaired) electrons. The van der Waals surface area contributed by atoms with Crippen LogP contribution in [0.5, 0.6) is 17.2 Å². The first-order valence-corrected chi connectivity index (χ1v) is 9.42. The number of amides is 2. The number of hydrogen-bond donors (Lipinski definition) is 3.